The van der Waals surface area contributed by atoms with Crippen LogP contribution in [0.1, 0.15) is 11.1 Å². The molecule has 0 spiro atoms. The van der Waals surface area contributed by atoms with E-state index < -0.39 is 10.0 Å². The molecule has 2 aromatic carbocycles. The second-order valence-electron chi connectivity index (χ2n) is 6.14. The molecule has 0 saturated carbocycles. The van der Waals surface area contributed by atoms with Crippen molar-refractivity contribution in [2.45, 2.75) is 17.9 Å². The van der Waals surface area contributed by atoms with Gasteiger partial charge in [0.2, 0.25) is 10.0 Å². The molecule has 2 N–H and O–H groups in total. The maximum Gasteiger partial charge on any atom is 0.238 e. The molecule has 0 unspecified atom stereocenters. The van der Waals surface area contributed by atoms with Gasteiger partial charge in [-0.1, -0.05) is 18.2 Å². The van der Waals surface area contributed by atoms with Crippen molar-refractivity contribution in [2.75, 3.05) is 11.4 Å². The lowest BCUT2D eigenvalue weighted by molar-refractivity contribution is 0.597. The van der Waals surface area contributed by atoms with Crippen LogP contribution in [-0.4, -0.2) is 24.7 Å². The SMILES string of the molecule is NS(=O)(=O)c1ccc2c(c1)CCN2Cc1cnn(-c2ccccc2)c1. The Bertz CT molecular complexity index is 1010. The number of nitrogens with zero attached hydrogens (tertiary/aromatic N) is 3. The highest BCUT2D eigenvalue weighted by molar-refractivity contribution is 7.89. The number of sulfonamides is 1. The number of fused-ring (bicyclic) bond motifs is 1. The highest BCUT2D eigenvalue weighted by Gasteiger charge is 2.21. The van der Waals surface area contributed by atoms with E-state index in [0.717, 1.165) is 42.0 Å². The first-order chi connectivity index (χ1) is 12.0. The van der Waals surface area contributed by atoms with Crippen molar-refractivity contribution in [3.8, 4) is 5.69 Å². The van der Waals surface area contributed by atoms with Gasteiger partial charge in [-0.25, -0.2) is 18.2 Å². The summed E-state index contributed by atoms with van der Waals surface area (Å²) in [5.74, 6) is 0. The molecule has 2 heterocycles. The van der Waals surface area contributed by atoms with E-state index in [4.69, 9.17) is 5.14 Å². The van der Waals surface area contributed by atoms with Crippen LogP contribution in [0, 0.1) is 0 Å². The fourth-order valence-electron chi connectivity index (χ4n) is 3.17. The van der Waals surface area contributed by atoms with Crippen LogP contribution >= 0.6 is 0 Å². The van der Waals surface area contributed by atoms with E-state index in [1.165, 1.54) is 0 Å². The van der Waals surface area contributed by atoms with Crippen LogP contribution in [0.2, 0.25) is 0 Å². The molecule has 0 amide bonds. The number of aromatic nitrogens is 2. The summed E-state index contributed by atoms with van der Waals surface area (Å²) in [4.78, 5) is 2.40. The third-order valence-corrected chi connectivity index (χ3v) is 5.31. The average molecular weight is 354 g/mol. The Kier molecular flexibility index (Phi) is 3.82. The molecule has 128 valence electrons. The molecule has 0 fully saturated rings. The molecular weight excluding hydrogens is 336 g/mol. The van der Waals surface area contributed by atoms with Crippen LogP contribution in [0.25, 0.3) is 5.69 Å². The second kappa shape index (κ2) is 6.02. The number of hydrogen-bond donors (Lipinski definition) is 1. The molecule has 0 bridgehead atoms. The molecule has 0 radical (unpaired) electrons. The lowest BCUT2D eigenvalue weighted by Gasteiger charge is -2.18. The van der Waals surface area contributed by atoms with Crippen LogP contribution in [0.15, 0.2) is 65.8 Å². The molecule has 7 heteroatoms. The standard InChI is InChI=1S/C18H18N4O2S/c19-25(23,24)17-6-7-18-15(10-17)8-9-21(18)12-14-11-20-22(13-14)16-4-2-1-3-5-16/h1-7,10-11,13H,8-9,12H2,(H2,19,23,24). The Morgan fingerprint density at radius 3 is 2.68 bits per heavy atom. The van der Waals surface area contributed by atoms with Crippen molar-refractivity contribution in [1.29, 1.82) is 0 Å². The number of anilines is 1. The molecule has 1 aliphatic rings. The lowest BCUT2D eigenvalue weighted by Crippen LogP contribution is -2.19. The van der Waals surface area contributed by atoms with Gasteiger partial charge in [-0.2, -0.15) is 5.10 Å². The van der Waals surface area contributed by atoms with Crippen LogP contribution in [0.3, 0.4) is 0 Å². The zero-order chi connectivity index (χ0) is 17.4. The maximum absolute atomic E-state index is 11.5. The van der Waals surface area contributed by atoms with Gasteiger partial charge in [0.25, 0.3) is 0 Å². The van der Waals surface area contributed by atoms with E-state index in [2.05, 4.69) is 10.00 Å². The third kappa shape index (κ3) is 3.16. The van der Waals surface area contributed by atoms with E-state index in [1.54, 1.807) is 12.1 Å². The molecule has 0 saturated heterocycles. The van der Waals surface area contributed by atoms with Gasteiger partial charge in [0.1, 0.15) is 0 Å². The highest BCUT2D eigenvalue weighted by Crippen LogP contribution is 2.31. The van der Waals surface area contributed by atoms with Gasteiger partial charge >= 0.3 is 0 Å². The first-order valence-electron chi connectivity index (χ1n) is 8.00. The number of para-hydroxylation sites is 1. The van der Waals surface area contributed by atoms with Gasteiger partial charge in [0.05, 0.1) is 16.8 Å². The summed E-state index contributed by atoms with van der Waals surface area (Å²) in [6.45, 7) is 1.58. The summed E-state index contributed by atoms with van der Waals surface area (Å²) in [6.07, 6.45) is 4.70. The third-order valence-electron chi connectivity index (χ3n) is 4.40. The summed E-state index contributed by atoms with van der Waals surface area (Å²) < 4.78 is 24.8. The average Bonchev–Trinajstić information content (AvgIpc) is 3.22. The van der Waals surface area contributed by atoms with E-state index in [0.29, 0.717) is 0 Å². The van der Waals surface area contributed by atoms with Crippen LogP contribution in [-0.2, 0) is 23.0 Å². The van der Waals surface area contributed by atoms with Crippen molar-refractivity contribution >= 4 is 15.7 Å². The van der Waals surface area contributed by atoms with Crippen molar-refractivity contribution in [3.63, 3.8) is 0 Å². The van der Waals surface area contributed by atoms with Crippen LogP contribution < -0.4 is 10.0 Å². The molecule has 4 rings (SSSR count). The fourth-order valence-corrected chi connectivity index (χ4v) is 3.74. The Balaban J connectivity index is 1.55. The van der Waals surface area contributed by atoms with Crippen molar-refractivity contribution < 1.29 is 8.42 Å². The quantitative estimate of drug-likeness (QED) is 0.778. The summed E-state index contributed by atoms with van der Waals surface area (Å²) in [5, 5.41) is 9.64. The van der Waals surface area contributed by atoms with Crippen molar-refractivity contribution in [2.24, 2.45) is 5.14 Å². The molecule has 0 aliphatic carbocycles. The maximum atomic E-state index is 11.5. The summed E-state index contributed by atoms with van der Waals surface area (Å²) in [6, 6.07) is 15.0. The fraction of sp³-hybridized carbons (Fsp3) is 0.167. The van der Waals surface area contributed by atoms with Crippen LogP contribution in [0.5, 0.6) is 0 Å². The number of primary sulfonamides is 1. The second-order valence-corrected chi connectivity index (χ2v) is 7.70. The number of benzene rings is 2. The minimum Gasteiger partial charge on any atom is -0.367 e. The van der Waals surface area contributed by atoms with Crippen molar-refractivity contribution in [1.82, 2.24) is 9.78 Å². The molecule has 1 aliphatic heterocycles. The topological polar surface area (TPSA) is 81.2 Å². The normalized spacial score (nSPS) is 13.9. The first-order valence-corrected chi connectivity index (χ1v) is 9.55. The molecule has 0 atom stereocenters. The number of hydrogen-bond acceptors (Lipinski definition) is 4. The Morgan fingerprint density at radius 2 is 1.92 bits per heavy atom. The Morgan fingerprint density at radius 1 is 1.12 bits per heavy atom. The Labute approximate surface area is 146 Å². The first kappa shape index (κ1) is 15.9. The zero-order valence-corrected chi connectivity index (χ0v) is 14.4. The van der Waals surface area contributed by atoms with Crippen molar-refractivity contribution in [3.05, 3.63) is 72.1 Å². The van der Waals surface area contributed by atoms with E-state index in [1.807, 2.05) is 53.5 Å². The summed E-state index contributed by atoms with van der Waals surface area (Å²) in [5.41, 5.74) is 4.20. The minimum absolute atomic E-state index is 0.171. The molecular formula is C18H18N4O2S. The predicted octanol–water partition coefficient (Wildman–Crippen LogP) is 2.08. The predicted molar refractivity (Wildman–Crippen MR) is 96.1 cm³/mol. The van der Waals surface area contributed by atoms with Gasteiger partial charge in [-0.15, -0.1) is 0 Å². The van der Waals surface area contributed by atoms with E-state index in [9.17, 15) is 8.42 Å². The van der Waals surface area contributed by atoms with E-state index >= 15 is 0 Å². The summed E-state index contributed by atoms with van der Waals surface area (Å²) >= 11 is 0. The smallest absolute Gasteiger partial charge is 0.238 e. The van der Waals surface area contributed by atoms with Gasteiger partial charge in [0, 0.05) is 30.5 Å². The number of rotatable bonds is 4. The molecule has 25 heavy (non-hydrogen) atoms. The monoisotopic (exact) mass is 354 g/mol. The minimum atomic E-state index is -3.66. The Hall–Kier alpha value is -2.64. The number of nitrogens with two attached hydrogens (primary N) is 1. The van der Waals surface area contributed by atoms with Gasteiger partial charge in [-0.3, -0.25) is 0 Å². The zero-order valence-electron chi connectivity index (χ0n) is 13.5. The van der Waals surface area contributed by atoms with Gasteiger partial charge < -0.3 is 4.90 Å². The largest absolute Gasteiger partial charge is 0.367 e. The molecule has 1 aromatic heterocycles. The lowest BCUT2D eigenvalue weighted by atomic mass is 10.2. The highest BCUT2D eigenvalue weighted by atomic mass is 32.2. The van der Waals surface area contributed by atoms with Gasteiger partial charge in [0.15, 0.2) is 0 Å². The van der Waals surface area contributed by atoms with E-state index in [-0.39, 0.29) is 4.90 Å². The molecule has 6 nitrogen and oxygen atoms in total. The van der Waals surface area contributed by atoms with Gasteiger partial charge in [-0.05, 0) is 42.3 Å². The molecule has 3 aromatic rings. The summed E-state index contributed by atoms with van der Waals surface area (Å²) in [7, 11) is -3.66. The van der Waals surface area contributed by atoms with Crippen LogP contribution in [0.4, 0.5) is 5.69 Å².